The summed E-state index contributed by atoms with van der Waals surface area (Å²) in [5.41, 5.74) is 2.03. The zero-order valence-corrected chi connectivity index (χ0v) is 12.3. The van der Waals surface area contributed by atoms with Crippen LogP contribution in [0.4, 0.5) is 0 Å². The van der Waals surface area contributed by atoms with E-state index in [0.29, 0.717) is 5.33 Å². The second kappa shape index (κ2) is 4.74. The van der Waals surface area contributed by atoms with Gasteiger partial charge in [-0.3, -0.25) is 4.79 Å². The Hall–Kier alpha value is -0.570. The Balaban J connectivity index is 3.54. The third kappa shape index (κ3) is 2.57. The number of halogens is 1. The van der Waals surface area contributed by atoms with Gasteiger partial charge in [-0.1, -0.05) is 42.8 Å². The maximum Gasteiger partial charge on any atom is 0.255 e. The van der Waals surface area contributed by atoms with E-state index in [9.17, 15) is 4.79 Å². The van der Waals surface area contributed by atoms with E-state index in [1.165, 1.54) is 0 Å². The number of rotatable bonds is 2. The third-order valence-electron chi connectivity index (χ3n) is 2.62. The smallest absolute Gasteiger partial charge is 0.255 e. The van der Waals surface area contributed by atoms with Crippen LogP contribution in [0.15, 0.2) is 16.9 Å². The molecule has 1 rings (SSSR count). The molecule has 0 unspecified atom stereocenters. The van der Waals surface area contributed by atoms with Crippen LogP contribution in [0.25, 0.3) is 0 Å². The molecular formula is C13H20BrNO. The highest BCUT2D eigenvalue weighted by Gasteiger charge is 2.21. The largest absolute Gasteiger partial charge is 0.309 e. The summed E-state index contributed by atoms with van der Waals surface area (Å²) in [4.78, 5) is 12.2. The fraction of sp³-hybridized carbons (Fsp3) is 0.615. The molecule has 1 aromatic heterocycles. The van der Waals surface area contributed by atoms with Crippen LogP contribution in [0.2, 0.25) is 0 Å². The van der Waals surface area contributed by atoms with E-state index in [1.807, 2.05) is 10.6 Å². The van der Waals surface area contributed by atoms with Crippen molar-refractivity contribution in [2.45, 2.75) is 51.4 Å². The van der Waals surface area contributed by atoms with Gasteiger partial charge in [0.2, 0.25) is 0 Å². The molecule has 0 bridgehead atoms. The number of hydrogen-bond acceptors (Lipinski definition) is 1. The summed E-state index contributed by atoms with van der Waals surface area (Å²) in [7, 11) is 0. The minimum absolute atomic E-state index is 0.00568. The second-order valence-electron chi connectivity index (χ2n) is 5.40. The topological polar surface area (TPSA) is 22.0 Å². The molecule has 0 N–H and O–H groups in total. The van der Waals surface area contributed by atoms with Crippen molar-refractivity contribution < 1.29 is 0 Å². The van der Waals surface area contributed by atoms with Gasteiger partial charge < -0.3 is 4.57 Å². The molecule has 90 valence electrons. The van der Waals surface area contributed by atoms with E-state index in [1.54, 1.807) is 0 Å². The summed E-state index contributed by atoms with van der Waals surface area (Å²) in [5.74, 6) is 0. The van der Waals surface area contributed by atoms with Gasteiger partial charge in [-0.25, -0.2) is 0 Å². The van der Waals surface area contributed by atoms with Crippen LogP contribution < -0.4 is 5.56 Å². The van der Waals surface area contributed by atoms with E-state index in [0.717, 1.165) is 11.3 Å². The van der Waals surface area contributed by atoms with Crippen molar-refractivity contribution in [2.75, 3.05) is 0 Å². The van der Waals surface area contributed by atoms with E-state index >= 15 is 0 Å². The van der Waals surface area contributed by atoms with Gasteiger partial charge in [0.05, 0.1) is 0 Å². The molecule has 1 aromatic rings. The SMILES string of the molecule is CC(C)n1c(C(C)(C)C)ccc(CBr)c1=O. The zero-order valence-electron chi connectivity index (χ0n) is 10.7. The molecule has 0 fully saturated rings. The van der Waals surface area contributed by atoms with Gasteiger partial charge in [-0.15, -0.1) is 0 Å². The fourth-order valence-electron chi connectivity index (χ4n) is 1.82. The molecule has 0 aromatic carbocycles. The van der Waals surface area contributed by atoms with Gasteiger partial charge in [-0.05, 0) is 19.9 Å². The van der Waals surface area contributed by atoms with Crippen molar-refractivity contribution >= 4 is 15.9 Å². The van der Waals surface area contributed by atoms with Crippen LogP contribution in [0.1, 0.15) is 51.9 Å². The highest BCUT2D eigenvalue weighted by Crippen LogP contribution is 2.23. The lowest BCUT2D eigenvalue weighted by atomic mass is 9.90. The first-order chi connectivity index (χ1) is 7.29. The molecule has 0 spiro atoms. The van der Waals surface area contributed by atoms with E-state index in [2.05, 4.69) is 56.6 Å². The van der Waals surface area contributed by atoms with Crippen molar-refractivity contribution in [1.29, 1.82) is 0 Å². The van der Waals surface area contributed by atoms with E-state index in [-0.39, 0.29) is 17.0 Å². The first kappa shape index (κ1) is 13.5. The molecule has 0 aliphatic rings. The van der Waals surface area contributed by atoms with Gasteiger partial charge >= 0.3 is 0 Å². The van der Waals surface area contributed by atoms with Crippen LogP contribution in [0, 0.1) is 0 Å². The van der Waals surface area contributed by atoms with Gasteiger partial charge in [0.1, 0.15) is 0 Å². The molecule has 0 saturated heterocycles. The van der Waals surface area contributed by atoms with Crippen LogP contribution in [-0.2, 0) is 10.7 Å². The Kier molecular flexibility index (Phi) is 4.00. The predicted molar refractivity (Wildman–Crippen MR) is 72.4 cm³/mol. The summed E-state index contributed by atoms with van der Waals surface area (Å²) in [6.07, 6.45) is 0. The minimum Gasteiger partial charge on any atom is -0.309 e. The number of alkyl halides is 1. The first-order valence-corrected chi connectivity index (χ1v) is 6.72. The van der Waals surface area contributed by atoms with Crippen molar-refractivity contribution in [3.8, 4) is 0 Å². The van der Waals surface area contributed by atoms with Crippen LogP contribution in [-0.4, -0.2) is 4.57 Å². The Morgan fingerprint density at radius 1 is 1.31 bits per heavy atom. The van der Waals surface area contributed by atoms with Crippen LogP contribution in [0.3, 0.4) is 0 Å². The molecule has 0 atom stereocenters. The lowest BCUT2D eigenvalue weighted by Gasteiger charge is -2.26. The van der Waals surface area contributed by atoms with Crippen molar-refractivity contribution in [3.05, 3.63) is 33.7 Å². The molecular weight excluding hydrogens is 266 g/mol. The first-order valence-electron chi connectivity index (χ1n) is 5.60. The zero-order chi connectivity index (χ0) is 12.5. The summed E-state index contributed by atoms with van der Waals surface area (Å²) in [6, 6.07) is 4.19. The Morgan fingerprint density at radius 3 is 2.25 bits per heavy atom. The fourth-order valence-corrected chi connectivity index (χ4v) is 2.25. The van der Waals surface area contributed by atoms with E-state index in [4.69, 9.17) is 0 Å². The monoisotopic (exact) mass is 285 g/mol. The minimum atomic E-state index is -0.00568. The normalized spacial score (nSPS) is 12.2. The Bertz CT molecular complexity index is 427. The highest BCUT2D eigenvalue weighted by atomic mass is 79.9. The Labute approximate surface area is 106 Å². The molecule has 0 aliphatic heterocycles. The lowest BCUT2D eigenvalue weighted by Crippen LogP contribution is -2.32. The average molecular weight is 286 g/mol. The Morgan fingerprint density at radius 2 is 1.88 bits per heavy atom. The molecule has 1 heterocycles. The van der Waals surface area contributed by atoms with Gasteiger partial charge in [0.15, 0.2) is 0 Å². The highest BCUT2D eigenvalue weighted by molar-refractivity contribution is 9.08. The van der Waals surface area contributed by atoms with Gasteiger partial charge in [0.25, 0.3) is 5.56 Å². The second-order valence-corrected chi connectivity index (χ2v) is 5.96. The molecule has 0 aliphatic carbocycles. The van der Waals surface area contributed by atoms with E-state index < -0.39 is 0 Å². The summed E-state index contributed by atoms with van der Waals surface area (Å²) in [6.45, 7) is 10.5. The predicted octanol–water partition coefficient (Wildman–Crippen LogP) is 3.62. The van der Waals surface area contributed by atoms with Crippen molar-refractivity contribution in [3.63, 3.8) is 0 Å². The molecule has 0 amide bonds. The summed E-state index contributed by atoms with van der Waals surface area (Å²) in [5, 5.41) is 0.614. The molecule has 0 saturated carbocycles. The molecule has 2 nitrogen and oxygen atoms in total. The number of pyridine rings is 1. The van der Waals surface area contributed by atoms with Crippen molar-refractivity contribution in [1.82, 2.24) is 4.57 Å². The maximum atomic E-state index is 12.2. The molecule has 3 heteroatoms. The van der Waals surface area contributed by atoms with Gasteiger partial charge in [0, 0.05) is 28.0 Å². The van der Waals surface area contributed by atoms with Crippen molar-refractivity contribution in [2.24, 2.45) is 0 Å². The number of aromatic nitrogens is 1. The quantitative estimate of drug-likeness (QED) is 0.761. The lowest BCUT2D eigenvalue weighted by molar-refractivity contribution is 0.465. The maximum absolute atomic E-state index is 12.2. The third-order valence-corrected chi connectivity index (χ3v) is 3.23. The number of nitrogens with zero attached hydrogens (tertiary/aromatic N) is 1. The van der Waals surface area contributed by atoms with Gasteiger partial charge in [-0.2, -0.15) is 0 Å². The molecule has 16 heavy (non-hydrogen) atoms. The van der Waals surface area contributed by atoms with Crippen LogP contribution in [0.5, 0.6) is 0 Å². The summed E-state index contributed by atoms with van der Waals surface area (Å²) < 4.78 is 1.90. The summed E-state index contributed by atoms with van der Waals surface area (Å²) >= 11 is 3.35. The number of hydrogen-bond donors (Lipinski definition) is 0. The van der Waals surface area contributed by atoms with Crippen LogP contribution >= 0.6 is 15.9 Å². The standard InChI is InChI=1S/C13H20BrNO/c1-9(2)15-11(13(3,4)5)7-6-10(8-14)12(15)16/h6-7,9H,8H2,1-5H3. The molecule has 0 radical (unpaired) electrons. The average Bonchev–Trinajstić information content (AvgIpc) is 2.15.